The van der Waals surface area contributed by atoms with Crippen molar-refractivity contribution in [2.24, 2.45) is 0 Å². The fourth-order valence-corrected chi connectivity index (χ4v) is 2.65. The van der Waals surface area contributed by atoms with Gasteiger partial charge in [-0.25, -0.2) is 0 Å². The van der Waals surface area contributed by atoms with Gasteiger partial charge in [0.1, 0.15) is 0 Å². The lowest BCUT2D eigenvalue weighted by molar-refractivity contribution is -0.633. The number of likely N-dealkylation sites (N-methyl/N-ethyl adjacent to an activating group) is 1. The number of halogens is 3. The van der Waals surface area contributed by atoms with Gasteiger partial charge < -0.3 is 20.4 Å². The Labute approximate surface area is 144 Å². The number of alkyl halides is 3. The van der Waals surface area contributed by atoms with Crippen LogP contribution in [0.15, 0.2) is 24.3 Å². The highest BCUT2D eigenvalue weighted by Crippen LogP contribution is 2.31. The zero-order chi connectivity index (χ0) is 18.4. The van der Waals surface area contributed by atoms with Gasteiger partial charge in [-0.15, -0.1) is 0 Å². The molecule has 1 aliphatic heterocycles. The molecule has 0 saturated carbocycles. The summed E-state index contributed by atoms with van der Waals surface area (Å²) in [6, 6.07) is 5.22. The predicted molar refractivity (Wildman–Crippen MR) is 86.0 cm³/mol. The highest BCUT2D eigenvalue weighted by atomic mass is 19.4. The van der Waals surface area contributed by atoms with Gasteiger partial charge in [0, 0.05) is 38.9 Å². The maximum atomic E-state index is 12.8. The molecule has 1 aromatic carbocycles. The number of carbonyl (C=O) groups is 2. The zero-order valence-corrected chi connectivity index (χ0v) is 14.0. The van der Waals surface area contributed by atoms with E-state index in [9.17, 15) is 22.8 Å². The first-order valence-corrected chi connectivity index (χ1v) is 8.03. The maximum absolute atomic E-state index is 12.8. The number of anilines is 1. The van der Waals surface area contributed by atoms with E-state index in [1.807, 2.05) is 4.90 Å². The Morgan fingerprint density at radius 3 is 2.44 bits per heavy atom. The Morgan fingerprint density at radius 2 is 1.84 bits per heavy atom. The number of benzene rings is 1. The van der Waals surface area contributed by atoms with Gasteiger partial charge in [0.2, 0.25) is 0 Å². The van der Waals surface area contributed by atoms with Gasteiger partial charge >= 0.3 is 6.18 Å². The van der Waals surface area contributed by atoms with Crippen LogP contribution in [0.3, 0.4) is 0 Å². The number of nitrogens with zero attached hydrogens (tertiary/aromatic N) is 2. The molecule has 0 bridgehead atoms. The Bertz CT molecular complexity index is 614. The standard InChI is InChI=1S/C16H21F3N4O2/c1-20-14(24)10-21-11-15(25)23-7-5-22(6-8-23)13-4-2-3-12(9-13)16(17,18)19/h2-4,9,21H,5-8,10-11H2,1H3,(H,20,24)/p+1. The first kappa shape index (κ1) is 19.0. The Balaban J connectivity index is 1.85. The van der Waals surface area contributed by atoms with Crippen LogP contribution in [0.5, 0.6) is 0 Å². The molecule has 0 spiro atoms. The fourth-order valence-electron chi connectivity index (χ4n) is 2.65. The molecule has 3 N–H and O–H groups in total. The molecule has 0 atom stereocenters. The van der Waals surface area contributed by atoms with Crippen LogP contribution in [0.25, 0.3) is 0 Å². The minimum absolute atomic E-state index is 0.0763. The Morgan fingerprint density at radius 1 is 1.16 bits per heavy atom. The monoisotopic (exact) mass is 359 g/mol. The molecule has 0 radical (unpaired) electrons. The van der Waals surface area contributed by atoms with Gasteiger partial charge in [0.25, 0.3) is 11.8 Å². The highest BCUT2D eigenvalue weighted by molar-refractivity contribution is 5.78. The van der Waals surface area contributed by atoms with Crippen LogP contribution in [-0.2, 0) is 15.8 Å². The van der Waals surface area contributed by atoms with Crippen molar-refractivity contribution in [2.45, 2.75) is 6.18 Å². The second kappa shape index (κ2) is 8.19. The highest BCUT2D eigenvalue weighted by Gasteiger charge is 2.31. The summed E-state index contributed by atoms with van der Waals surface area (Å²) in [4.78, 5) is 26.7. The molecule has 9 heteroatoms. The number of amides is 2. The van der Waals surface area contributed by atoms with Crippen LogP contribution >= 0.6 is 0 Å². The van der Waals surface area contributed by atoms with Crippen molar-refractivity contribution in [1.82, 2.24) is 10.2 Å². The molecule has 6 nitrogen and oxygen atoms in total. The van der Waals surface area contributed by atoms with Crippen LogP contribution in [0.4, 0.5) is 18.9 Å². The number of quaternary nitrogens is 1. The van der Waals surface area contributed by atoms with Gasteiger partial charge in [-0.05, 0) is 18.2 Å². The summed E-state index contributed by atoms with van der Waals surface area (Å²) in [5.41, 5.74) is -0.166. The molecule has 2 amide bonds. The number of rotatable bonds is 5. The molecule has 1 heterocycles. The third kappa shape index (κ3) is 5.35. The van der Waals surface area contributed by atoms with Crippen molar-refractivity contribution in [3.8, 4) is 0 Å². The molecule has 1 saturated heterocycles. The predicted octanol–water partition coefficient (Wildman–Crippen LogP) is -0.337. The van der Waals surface area contributed by atoms with E-state index in [1.54, 1.807) is 16.3 Å². The molecule has 2 rings (SSSR count). The van der Waals surface area contributed by atoms with Crippen LogP contribution < -0.4 is 15.5 Å². The zero-order valence-electron chi connectivity index (χ0n) is 14.0. The fraction of sp³-hybridized carbons (Fsp3) is 0.500. The molecule has 1 fully saturated rings. The van der Waals surface area contributed by atoms with E-state index in [0.29, 0.717) is 31.9 Å². The number of carbonyl (C=O) groups excluding carboxylic acids is 2. The topological polar surface area (TPSA) is 69.3 Å². The van der Waals surface area contributed by atoms with Crippen LogP contribution in [-0.4, -0.2) is 63.0 Å². The Hall–Kier alpha value is -2.29. The minimum atomic E-state index is -4.37. The molecule has 0 aliphatic carbocycles. The second-order valence-corrected chi connectivity index (χ2v) is 5.79. The van der Waals surface area contributed by atoms with E-state index in [-0.39, 0.29) is 24.9 Å². The largest absolute Gasteiger partial charge is 0.416 e. The Kier molecular flexibility index (Phi) is 6.24. The van der Waals surface area contributed by atoms with E-state index in [1.165, 1.54) is 13.1 Å². The summed E-state index contributed by atoms with van der Waals surface area (Å²) in [5.74, 6) is -0.227. The number of nitrogens with one attached hydrogen (secondary N) is 1. The average Bonchev–Trinajstić information content (AvgIpc) is 2.61. The quantitative estimate of drug-likeness (QED) is 0.756. The van der Waals surface area contributed by atoms with E-state index < -0.39 is 11.7 Å². The maximum Gasteiger partial charge on any atom is 0.416 e. The van der Waals surface area contributed by atoms with Crippen molar-refractivity contribution in [3.05, 3.63) is 29.8 Å². The van der Waals surface area contributed by atoms with E-state index in [4.69, 9.17) is 0 Å². The minimum Gasteiger partial charge on any atom is -0.368 e. The molecular weight excluding hydrogens is 337 g/mol. The lowest BCUT2D eigenvalue weighted by Gasteiger charge is -2.36. The van der Waals surface area contributed by atoms with Gasteiger partial charge in [-0.2, -0.15) is 13.2 Å². The van der Waals surface area contributed by atoms with Crippen molar-refractivity contribution in [3.63, 3.8) is 0 Å². The summed E-state index contributed by atoms with van der Waals surface area (Å²) < 4.78 is 38.4. The first-order valence-electron chi connectivity index (χ1n) is 8.03. The molecule has 138 valence electrons. The van der Waals surface area contributed by atoms with Crippen molar-refractivity contribution < 1.29 is 28.1 Å². The van der Waals surface area contributed by atoms with Gasteiger partial charge in [0.05, 0.1) is 5.56 Å². The van der Waals surface area contributed by atoms with Gasteiger partial charge in [0.15, 0.2) is 13.1 Å². The van der Waals surface area contributed by atoms with E-state index in [2.05, 4.69) is 5.32 Å². The first-order chi connectivity index (χ1) is 11.8. The molecule has 1 aliphatic rings. The second-order valence-electron chi connectivity index (χ2n) is 5.79. The summed E-state index contributed by atoms with van der Waals surface area (Å²) in [6.45, 7) is 2.21. The van der Waals surface area contributed by atoms with Crippen LogP contribution in [0.2, 0.25) is 0 Å². The lowest BCUT2D eigenvalue weighted by Crippen LogP contribution is -2.88. The molecule has 0 aromatic heterocycles. The SMILES string of the molecule is CNC(=O)C[NH2+]CC(=O)N1CCN(c2cccc(C(F)(F)F)c2)CC1. The summed E-state index contributed by atoms with van der Waals surface area (Å²) in [5, 5.41) is 4.10. The average molecular weight is 359 g/mol. The van der Waals surface area contributed by atoms with Crippen LogP contribution in [0.1, 0.15) is 5.56 Å². The number of nitrogens with two attached hydrogens (primary N) is 1. The van der Waals surface area contributed by atoms with Crippen molar-refractivity contribution in [2.75, 3.05) is 51.2 Å². The third-order valence-corrected chi connectivity index (χ3v) is 4.10. The normalized spacial score (nSPS) is 15.2. The molecular formula is C16H22F3N4O2+. The summed E-state index contributed by atoms with van der Waals surface area (Å²) in [6.07, 6.45) is -4.37. The summed E-state index contributed by atoms with van der Waals surface area (Å²) in [7, 11) is 1.53. The smallest absolute Gasteiger partial charge is 0.368 e. The van der Waals surface area contributed by atoms with E-state index >= 15 is 0 Å². The van der Waals surface area contributed by atoms with Crippen molar-refractivity contribution >= 4 is 17.5 Å². The van der Waals surface area contributed by atoms with Gasteiger partial charge in [-0.3, -0.25) is 9.59 Å². The third-order valence-electron chi connectivity index (χ3n) is 4.10. The number of hydrogen-bond donors (Lipinski definition) is 2. The number of piperazine rings is 1. The van der Waals surface area contributed by atoms with E-state index in [0.717, 1.165) is 12.1 Å². The molecule has 25 heavy (non-hydrogen) atoms. The van der Waals surface area contributed by atoms with Crippen molar-refractivity contribution in [1.29, 1.82) is 0 Å². The lowest BCUT2D eigenvalue weighted by atomic mass is 10.1. The molecule has 1 aromatic rings. The van der Waals surface area contributed by atoms with Crippen LogP contribution in [0, 0.1) is 0 Å². The number of hydrogen-bond acceptors (Lipinski definition) is 3. The summed E-state index contributed by atoms with van der Waals surface area (Å²) >= 11 is 0. The molecule has 0 unspecified atom stereocenters. The van der Waals surface area contributed by atoms with Gasteiger partial charge in [-0.1, -0.05) is 6.07 Å².